The number of anilines is 4. The van der Waals surface area contributed by atoms with Gasteiger partial charge in [-0.05, 0) is 67.0 Å². The van der Waals surface area contributed by atoms with Crippen LogP contribution < -0.4 is 31.1 Å². The monoisotopic (exact) mass is 713 g/mol. The van der Waals surface area contributed by atoms with Crippen molar-refractivity contribution in [2.24, 2.45) is 0 Å². The van der Waals surface area contributed by atoms with E-state index in [0.29, 0.717) is 29.0 Å². The molecule has 0 spiro atoms. The topological polar surface area (TPSA) is 127 Å². The van der Waals surface area contributed by atoms with Gasteiger partial charge in [0.05, 0.1) is 18.5 Å². The zero-order chi connectivity index (χ0) is 34.3. The number of carbonyl (C=O) groups is 2. The Morgan fingerprint density at radius 1 is 0.780 bits per heavy atom. The third-order valence-corrected chi connectivity index (χ3v) is 12.1. The smallest absolute Gasteiger partial charge is 0.230 e. The number of aromatic nitrogens is 3. The van der Waals surface area contributed by atoms with Crippen LogP contribution in [0.25, 0.3) is 0 Å². The summed E-state index contributed by atoms with van der Waals surface area (Å²) >= 11 is 3.11. The maximum Gasteiger partial charge on any atom is 0.230 e. The first kappa shape index (κ1) is 34.5. The summed E-state index contributed by atoms with van der Waals surface area (Å²) in [7, 11) is 0. The maximum absolute atomic E-state index is 13.1. The van der Waals surface area contributed by atoms with E-state index in [9.17, 15) is 9.59 Å². The van der Waals surface area contributed by atoms with Gasteiger partial charge in [-0.15, -0.1) is 21.5 Å². The zero-order valence-corrected chi connectivity index (χ0v) is 30.4. The van der Waals surface area contributed by atoms with Gasteiger partial charge < -0.3 is 31.1 Å². The molecule has 2 aromatic carbocycles. The molecule has 50 heavy (non-hydrogen) atoms. The summed E-state index contributed by atoms with van der Waals surface area (Å²) in [5.74, 6) is 0.515. The number of nitrogens with one attached hydrogen (secondary N) is 4. The maximum atomic E-state index is 13.1. The quantitative estimate of drug-likeness (QED) is 0.166. The van der Waals surface area contributed by atoms with Crippen LogP contribution in [-0.4, -0.2) is 79.4 Å². The first-order valence-electron chi connectivity index (χ1n) is 18.0. The summed E-state index contributed by atoms with van der Waals surface area (Å²) in [5, 5.41) is 24.0. The predicted octanol–water partition coefficient (Wildman–Crippen LogP) is 5.18. The van der Waals surface area contributed by atoms with Gasteiger partial charge in [0.15, 0.2) is 5.13 Å². The summed E-state index contributed by atoms with van der Waals surface area (Å²) in [6, 6.07) is 16.6. The molecule has 2 aliphatic heterocycles. The molecule has 3 fully saturated rings. The summed E-state index contributed by atoms with van der Waals surface area (Å²) in [6.45, 7) is 9.93. The lowest BCUT2D eigenvalue weighted by Crippen LogP contribution is -2.43. The van der Waals surface area contributed by atoms with Gasteiger partial charge in [-0.3, -0.25) is 9.59 Å². The van der Waals surface area contributed by atoms with E-state index in [2.05, 4.69) is 72.5 Å². The number of nitrogens with zero attached hydrogens (tertiary/aromatic N) is 5. The van der Waals surface area contributed by atoms with Crippen molar-refractivity contribution in [3.8, 4) is 0 Å². The van der Waals surface area contributed by atoms with Crippen molar-refractivity contribution in [3.63, 3.8) is 0 Å². The minimum atomic E-state index is -0.0780. The van der Waals surface area contributed by atoms with Crippen molar-refractivity contribution in [1.29, 1.82) is 0 Å². The molecule has 1 aliphatic carbocycles. The Balaban J connectivity index is 0.940. The van der Waals surface area contributed by atoms with Gasteiger partial charge in [-0.25, -0.2) is 4.98 Å². The normalized spacial score (nSPS) is 19.7. The van der Waals surface area contributed by atoms with Gasteiger partial charge in [0.1, 0.15) is 5.01 Å². The Bertz CT molecular complexity index is 1760. The number of carbonyl (C=O) groups excluding carboxylic acids is 2. The lowest BCUT2D eigenvalue weighted by Gasteiger charge is -2.29. The van der Waals surface area contributed by atoms with Crippen LogP contribution in [0.4, 0.5) is 21.6 Å². The zero-order valence-electron chi connectivity index (χ0n) is 28.7. The third kappa shape index (κ3) is 8.68. The highest BCUT2D eigenvalue weighted by Gasteiger charge is 2.30. The molecule has 7 rings (SSSR count). The molecule has 4 aromatic rings. The predicted molar refractivity (Wildman–Crippen MR) is 203 cm³/mol. The van der Waals surface area contributed by atoms with Crippen molar-refractivity contribution in [1.82, 2.24) is 25.8 Å². The second-order valence-electron chi connectivity index (χ2n) is 13.5. The Hall–Kier alpha value is -3.91. The van der Waals surface area contributed by atoms with Gasteiger partial charge in [-0.2, -0.15) is 0 Å². The molecule has 3 aliphatic rings. The molecular formula is C37H47N9O2S2. The van der Waals surface area contributed by atoms with E-state index in [1.54, 1.807) is 11.3 Å². The van der Waals surface area contributed by atoms with Gasteiger partial charge >= 0.3 is 0 Å². The van der Waals surface area contributed by atoms with Crippen molar-refractivity contribution < 1.29 is 9.59 Å². The van der Waals surface area contributed by atoms with E-state index < -0.39 is 0 Å². The molecule has 2 aromatic heterocycles. The Morgan fingerprint density at radius 3 is 1.96 bits per heavy atom. The number of thiazole rings is 1. The van der Waals surface area contributed by atoms with E-state index in [-0.39, 0.29) is 17.7 Å². The first-order chi connectivity index (χ1) is 24.5. The van der Waals surface area contributed by atoms with Crippen LogP contribution in [0.15, 0.2) is 48.5 Å². The Labute approximate surface area is 302 Å². The summed E-state index contributed by atoms with van der Waals surface area (Å²) in [4.78, 5) is 37.0. The highest BCUT2D eigenvalue weighted by molar-refractivity contribution is 7.16. The molecule has 2 atom stereocenters. The number of aryl methyl sites for hydroxylation is 1. The van der Waals surface area contributed by atoms with Crippen LogP contribution in [0.3, 0.4) is 0 Å². The third-order valence-electron chi connectivity index (χ3n) is 9.90. The van der Waals surface area contributed by atoms with Gasteiger partial charge in [0.25, 0.3) is 0 Å². The second-order valence-corrected chi connectivity index (χ2v) is 15.5. The Kier molecular flexibility index (Phi) is 11.3. The lowest BCUT2D eigenvalue weighted by molar-refractivity contribution is -0.116. The van der Waals surface area contributed by atoms with Crippen molar-refractivity contribution in [2.45, 2.75) is 63.7 Å². The second kappa shape index (κ2) is 16.4. The Morgan fingerprint density at radius 2 is 1.36 bits per heavy atom. The van der Waals surface area contributed by atoms with Crippen molar-refractivity contribution >= 4 is 56.1 Å². The molecule has 264 valence electrons. The van der Waals surface area contributed by atoms with Crippen LogP contribution >= 0.6 is 22.7 Å². The van der Waals surface area contributed by atoms with Crippen LogP contribution in [0.5, 0.6) is 0 Å². The molecule has 13 heteroatoms. The van der Waals surface area contributed by atoms with Crippen LogP contribution in [0, 0.1) is 0 Å². The molecule has 2 saturated heterocycles. The highest BCUT2D eigenvalue weighted by atomic mass is 32.1. The standard InChI is InChI=1S/C37H47N9O2S2/c1-2-31-34(49-36(40-31)41-32(47)22-25-6-3-10-29(20-25)45-16-12-38-13-17-45)27-8-5-9-28(24-27)35-43-44-37(50-35)42-33(48)23-26-7-4-11-30(21-26)46-18-14-39-15-19-46/h3-4,6-7,10-11,20-21,27-28,38-39H,2,5,8-9,12-19,22-24H2,1H3,(H,40,41,47)(H,42,44,48). The van der Waals surface area contributed by atoms with E-state index in [4.69, 9.17) is 4.98 Å². The number of hydrogen-bond donors (Lipinski definition) is 4. The van der Waals surface area contributed by atoms with Crippen LogP contribution in [-0.2, 0) is 28.9 Å². The lowest BCUT2D eigenvalue weighted by atomic mass is 9.80. The molecular weight excluding hydrogens is 667 g/mol. The average molecular weight is 714 g/mol. The fraction of sp³-hybridized carbons (Fsp3) is 0.486. The van der Waals surface area contributed by atoms with Gasteiger partial charge in [0, 0.05) is 74.5 Å². The van der Waals surface area contributed by atoms with E-state index in [1.807, 2.05) is 24.3 Å². The SMILES string of the molecule is CCc1nc(NC(=O)Cc2cccc(N3CCNCC3)c2)sc1C1CCCC(c2nnc(NC(=O)Cc3cccc(N4CCNCC4)c3)s2)C1. The fourth-order valence-electron chi connectivity index (χ4n) is 7.36. The van der Waals surface area contributed by atoms with Gasteiger partial charge in [-0.1, -0.05) is 48.9 Å². The molecule has 2 amide bonds. The number of amides is 2. The fourth-order valence-corrected chi connectivity index (χ4v) is 9.49. The number of rotatable bonds is 11. The van der Waals surface area contributed by atoms with Crippen molar-refractivity contribution in [3.05, 3.63) is 75.2 Å². The summed E-state index contributed by atoms with van der Waals surface area (Å²) in [5.41, 5.74) is 5.41. The summed E-state index contributed by atoms with van der Waals surface area (Å²) in [6.07, 6.45) is 5.63. The molecule has 0 bridgehead atoms. The van der Waals surface area contributed by atoms with Crippen molar-refractivity contribution in [2.75, 3.05) is 72.8 Å². The van der Waals surface area contributed by atoms with E-state index >= 15 is 0 Å². The largest absolute Gasteiger partial charge is 0.369 e. The highest BCUT2D eigenvalue weighted by Crippen LogP contribution is 2.45. The molecule has 4 N–H and O–H groups in total. The number of piperazine rings is 2. The molecule has 1 saturated carbocycles. The minimum Gasteiger partial charge on any atom is -0.369 e. The molecule has 0 radical (unpaired) electrons. The molecule has 2 unspecified atom stereocenters. The molecule has 4 heterocycles. The number of benzene rings is 2. The van der Waals surface area contributed by atoms with E-state index in [1.165, 1.54) is 21.9 Å². The number of hydrogen-bond acceptors (Lipinski definition) is 11. The van der Waals surface area contributed by atoms with Crippen LogP contribution in [0.2, 0.25) is 0 Å². The first-order valence-corrected chi connectivity index (χ1v) is 19.7. The summed E-state index contributed by atoms with van der Waals surface area (Å²) < 4.78 is 0. The minimum absolute atomic E-state index is 0.0392. The van der Waals surface area contributed by atoms with E-state index in [0.717, 1.165) is 112 Å². The van der Waals surface area contributed by atoms with Gasteiger partial charge in [0.2, 0.25) is 16.9 Å². The molecule has 11 nitrogen and oxygen atoms in total. The average Bonchev–Trinajstić information content (AvgIpc) is 3.79. The van der Waals surface area contributed by atoms with Crippen LogP contribution in [0.1, 0.15) is 71.1 Å².